The normalized spacial score (nSPS) is 14.2. The number of amides is 1. The number of nitrogens with zero attached hydrogens (tertiary/aromatic N) is 2. The van der Waals surface area contributed by atoms with Crippen LogP contribution in [-0.4, -0.2) is 61.9 Å². The van der Waals surface area contributed by atoms with Gasteiger partial charge in [0.1, 0.15) is 22.9 Å². The zero-order valence-electron chi connectivity index (χ0n) is 23.1. The van der Waals surface area contributed by atoms with Crippen LogP contribution in [0.1, 0.15) is 64.4 Å². The topological polar surface area (TPSA) is 105 Å². The highest BCUT2D eigenvalue weighted by Gasteiger charge is 2.30. The zero-order valence-corrected chi connectivity index (χ0v) is 23.1. The van der Waals surface area contributed by atoms with Crippen molar-refractivity contribution < 1.29 is 28.5 Å². The summed E-state index contributed by atoms with van der Waals surface area (Å²) >= 11 is 0. The van der Waals surface area contributed by atoms with Gasteiger partial charge in [0.05, 0.1) is 33.0 Å². The van der Waals surface area contributed by atoms with E-state index in [2.05, 4.69) is 17.0 Å². The number of primary amides is 1. The number of aromatic nitrogens is 1. The number of carbonyl (C=O) groups excluding carboxylic acids is 2. The summed E-state index contributed by atoms with van der Waals surface area (Å²) < 4.78 is 24.4. The van der Waals surface area contributed by atoms with E-state index in [1.807, 2.05) is 42.9 Å². The largest absolute Gasteiger partial charge is 0.497 e. The molecular weight excluding hydrogens is 498 g/mol. The lowest BCUT2D eigenvalue weighted by molar-refractivity contribution is 0.0597. The van der Waals surface area contributed by atoms with E-state index in [0.29, 0.717) is 42.2 Å². The molecule has 1 aliphatic rings. The van der Waals surface area contributed by atoms with Crippen LogP contribution >= 0.6 is 0 Å². The molecule has 2 N–H and O–H groups in total. The van der Waals surface area contributed by atoms with E-state index in [0.717, 1.165) is 48.7 Å². The maximum absolute atomic E-state index is 12.6. The summed E-state index contributed by atoms with van der Waals surface area (Å²) in [5, 5.41) is 0. The number of carbonyl (C=O) groups is 2. The second kappa shape index (κ2) is 12.7. The first-order valence-corrected chi connectivity index (χ1v) is 13.3. The van der Waals surface area contributed by atoms with Crippen LogP contribution in [0.2, 0.25) is 0 Å². The molecule has 39 heavy (non-hydrogen) atoms. The number of piperidine rings is 1. The minimum atomic E-state index is -0.592. The Hall–Kier alpha value is -3.98. The van der Waals surface area contributed by atoms with Gasteiger partial charge in [0.2, 0.25) is 5.91 Å². The number of ether oxygens (including phenoxy) is 4. The molecule has 2 heterocycles. The van der Waals surface area contributed by atoms with Gasteiger partial charge < -0.3 is 29.2 Å². The van der Waals surface area contributed by atoms with Gasteiger partial charge in [-0.15, -0.1) is 0 Å². The van der Waals surface area contributed by atoms with Crippen LogP contribution in [0.4, 0.5) is 0 Å². The number of hydrogen-bond acceptors (Lipinski definition) is 7. The molecule has 2 aromatic carbocycles. The summed E-state index contributed by atoms with van der Waals surface area (Å²) in [6.45, 7) is 7.31. The molecule has 1 saturated heterocycles. The van der Waals surface area contributed by atoms with Crippen LogP contribution in [0.15, 0.2) is 48.8 Å². The number of rotatable bonds is 11. The van der Waals surface area contributed by atoms with Crippen molar-refractivity contribution in [3.63, 3.8) is 0 Å². The molecule has 208 valence electrons. The summed E-state index contributed by atoms with van der Waals surface area (Å²) in [4.78, 5) is 27.4. The van der Waals surface area contributed by atoms with Gasteiger partial charge in [-0.3, -0.25) is 9.69 Å². The van der Waals surface area contributed by atoms with Gasteiger partial charge in [0.15, 0.2) is 0 Å². The molecule has 0 aliphatic carbocycles. The minimum absolute atomic E-state index is 0.0159. The summed E-state index contributed by atoms with van der Waals surface area (Å²) in [6, 6.07) is 11.3. The Morgan fingerprint density at radius 3 is 2.03 bits per heavy atom. The van der Waals surface area contributed by atoms with Gasteiger partial charge in [0, 0.05) is 24.5 Å². The quantitative estimate of drug-likeness (QED) is 0.359. The maximum atomic E-state index is 12.6. The van der Waals surface area contributed by atoms with Gasteiger partial charge in [-0.25, -0.2) is 4.79 Å². The Balaban J connectivity index is 1.57. The van der Waals surface area contributed by atoms with E-state index in [1.54, 1.807) is 12.1 Å². The van der Waals surface area contributed by atoms with E-state index in [-0.39, 0.29) is 5.92 Å². The molecule has 0 radical (unpaired) electrons. The molecule has 1 fully saturated rings. The van der Waals surface area contributed by atoms with E-state index in [4.69, 9.17) is 24.7 Å². The van der Waals surface area contributed by atoms with Crippen LogP contribution in [0.25, 0.3) is 5.69 Å². The minimum Gasteiger partial charge on any atom is -0.497 e. The molecule has 0 bridgehead atoms. The lowest BCUT2D eigenvalue weighted by Gasteiger charge is -2.33. The number of hydrogen-bond donors (Lipinski definition) is 1. The Morgan fingerprint density at radius 2 is 1.51 bits per heavy atom. The predicted octanol–water partition coefficient (Wildman–Crippen LogP) is 4.55. The third-order valence-electron chi connectivity index (χ3n) is 7.02. The number of likely N-dealkylation sites (tertiary alicyclic amines) is 1. The molecule has 0 atom stereocenters. The Kier molecular flexibility index (Phi) is 9.14. The summed E-state index contributed by atoms with van der Waals surface area (Å²) in [7, 11) is 2.81. The third-order valence-corrected chi connectivity index (χ3v) is 7.02. The number of esters is 1. The molecule has 0 saturated carbocycles. The smallest absolute Gasteiger partial charge is 0.338 e. The molecule has 4 rings (SSSR count). The first-order valence-electron chi connectivity index (χ1n) is 13.3. The Labute approximate surface area is 229 Å². The second-order valence-electron chi connectivity index (χ2n) is 9.44. The van der Waals surface area contributed by atoms with Crippen LogP contribution in [0.5, 0.6) is 17.2 Å². The average molecular weight is 536 g/mol. The van der Waals surface area contributed by atoms with Crippen molar-refractivity contribution in [2.75, 3.05) is 40.5 Å². The molecular formula is C30H37N3O6. The fourth-order valence-corrected chi connectivity index (χ4v) is 5.30. The van der Waals surface area contributed by atoms with Gasteiger partial charge >= 0.3 is 5.97 Å². The number of benzene rings is 2. The van der Waals surface area contributed by atoms with Gasteiger partial charge in [-0.1, -0.05) is 0 Å². The number of nitrogens with two attached hydrogens (primary N) is 1. The van der Waals surface area contributed by atoms with E-state index < -0.39 is 11.9 Å². The molecule has 9 heteroatoms. The van der Waals surface area contributed by atoms with E-state index >= 15 is 0 Å². The van der Waals surface area contributed by atoms with Crippen LogP contribution in [0, 0.1) is 0 Å². The van der Waals surface area contributed by atoms with Crippen LogP contribution in [-0.2, 0) is 11.3 Å². The summed E-state index contributed by atoms with van der Waals surface area (Å²) in [6.07, 6.45) is 5.48. The monoisotopic (exact) mass is 535 g/mol. The van der Waals surface area contributed by atoms with Crippen molar-refractivity contribution in [2.24, 2.45) is 5.73 Å². The van der Waals surface area contributed by atoms with Crippen molar-refractivity contribution in [1.82, 2.24) is 9.47 Å². The van der Waals surface area contributed by atoms with Crippen molar-refractivity contribution in [3.8, 4) is 22.9 Å². The first kappa shape index (κ1) is 28.0. The average Bonchev–Trinajstić information content (AvgIpc) is 3.47. The highest BCUT2D eigenvalue weighted by atomic mass is 16.5. The fourth-order valence-electron chi connectivity index (χ4n) is 5.30. The van der Waals surface area contributed by atoms with Gasteiger partial charge in [-0.2, -0.15) is 0 Å². The standard InChI is InChI=1S/C30H37N3O6/c1-5-38-25-15-20(16-26(39-6-2)28(25)33-11-7-8-12-33)19-32-13-9-21(10-14-32)27-23(29(31)34)17-22(36-3)18-24(27)30(35)37-4/h7-8,11-12,15-18,21H,5-6,9-10,13-14,19H2,1-4H3,(H2,31,34). The molecule has 9 nitrogen and oxygen atoms in total. The molecule has 1 amide bonds. The van der Waals surface area contributed by atoms with Gasteiger partial charge in [0.25, 0.3) is 0 Å². The third kappa shape index (κ3) is 6.20. The molecule has 0 spiro atoms. The SMILES string of the molecule is CCOc1cc(CN2CCC(c3c(C(N)=O)cc(OC)cc3C(=O)OC)CC2)cc(OCC)c1-n1cccc1. The molecule has 0 unspecified atom stereocenters. The lowest BCUT2D eigenvalue weighted by Crippen LogP contribution is -2.34. The first-order chi connectivity index (χ1) is 18.9. The van der Waals surface area contributed by atoms with Crippen molar-refractivity contribution >= 4 is 11.9 Å². The predicted molar refractivity (Wildman–Crippen MR) is 148 cm³/mol. The summed E-state index contributed by atoms with van der Waals surface area (Å²) in [5.41, 5.74) is 8.98. The maximum Gasteiger partial charge on any atom is 0.338 e. The zero-order chi connectivity index (χ0) is 27.9. The second-order valence-corrected chi connectivity index (χ2v) is 9.44. The summed E-state index contributed by atoms with van der Waals surface area (Å²) in [5.74, 6) is 0.824. The van der Waals surface area contributed by atoms with Crippen LogP contribution < -0.4 is 19.9 Å². The molecule has 1 aliphatic heterocycles. The number of methoxy groups -OCH3 is 2. The molecule has 3 aromatic rings. The highest BCUT2D eigenvalue weighted by Crippen LogP contribution is 2.38. The fraction of sp³-hybridized carbons (Fsp3) is 0.400. The lowest BCUT2D eigenvalue weighted by atomic mass is 9.83. The van der Waals surface area contributed by atoms with Crippen molar-refractivity contribution in [3.05, 3.63) is 71.0 Å². The highest BCUT2D eigenvalue weighted by molar-refractivity contribution is 6.00. The van der Waals surface area contributed by atoms with Crippen molar-refractivity contribution in [1.29, 1.82) is 0 Å². The Bertz CT molecular complexity index is 1270. The van der Waals surface area contributed by atoms with E-state index in [9.17, 15) is 9.59 Å². The van der Waals surface area contributed by atoms with Gasteiger partial charge in [-0.05, 0) is 93.2 Å². The molecule has 1 aromatic heterocycles. The Morgan fingerprint density at radius 1 is 0.923 bits per heavy atom. The van der Waals surface area contributed by atoms with Crippen molar-refractivity contribution in [2.45, 2.75) is 39.2 Å². The van der Waals surface area contributed by atoms with Crippen LogP contribution in [0.3, 0.4) is 0 Å². The van der Waals surface area contributed by atoms with E-state index in [1.165, 1.54) is 14.2 Å².